The van der Waals surface area contributed by atoms with Crippen LogP contribution in [-0.4, -0.2) is 94.6 Å². The number of unbranched alkanes of at least 4 members (excludes halogenated alkanes) is 3. The second-order valence-corrected chi connectivity index (χ2v) is 23.6. The maximum atomic E-state index is 14.5. The van der Waals surface area contributed by atoms with E-state index in [2.05, 4.69) is 70.3 Å². The molecule has 2 saturated heterocycles. The van der Waals surface area contributed by atoms with Gasteiger partial charge in [-0.3, -0.25) is 19.0 Å². The first-order valence-electron chi connectivity index (χ1n) is 26.0. The number of carbonyl (C=O) groups is 2. The van der Waals surface area contributed by atoms with Gasteiger partial charge in [0.15, 0.2) is 0 Å². The van der Waals surface area contributed by atoms with Crippen LogP contribution in [0.25, 0.3) is 27.0 Å². The van der Waals surface area contributed by atoms with Gasteiger partial charge >= 0.3 is 0 Å². The van der Waals surface area contributed by atoms with Crippen molar-refractivity contribution in [1.82, 2.24) is 44.6 Å². The van der Waals surface area contributed by atoms with Gasteiger partial charge < -0.3 is 20.2 Å². The summed E-state index contributed by atoms with van der Waals surface area (Å²) in [4.78, 5) is 56.3. The van der Waals surface area contributed by atoms with Gasteiger partial charge in [-0.2, -0.15) is 4.98 Å². The molecule has 3 aromatic heterocycles. The zero-order chi connectivity index (χ0) is 49.6. The molecule has 4 atom stereocenters. The van der Waals surface area contributed by atoms with E-state index in [1.165, 1.54) is 23.2 Å². The lowest BCUT2D eigenvalue weighted by Gasteiger charge is -2.34. The number of nitrogens with zero attached hydrogens (tertiary/aromatic N) is 8. The molecular formula is C56H68BrN9O4S. The summed E-state index contributed by atoms with van der Waals surface area (Å²) >= 11 is 5.26. The van der Waals surface area contributed by atoms with Crippen molar-refractivity contribution in [3.63, 3.8) is 0 Å². The Balaban J connectivity index is 0.701. The third-order valence-corrected chi connectivity index (χ3v) is 17.7. The van der Waals surface area contributed by atoms with Gasteiger partial charge in [-0.05, 0) is 146 Å². The van der Waals surface area contributed by atoms with Gasteiger partial charge in [-0.25, -0.2) is 9.67 Å². The molecule has 3 aromatic carbocycles. The molecule has 0 bridgehead atoms. The summed E-state index contributed by atoms with van der Waals surface area (Å²) in [6.07, 6.45) is 14.3. The van der Waals surface area contributed by atoms with Crippen LogP contribution in [-0.2, 0) is 21.4 Å². The van der Waals surface area contributed by atoms with Gasteiger partial charge in [-0.1, -0.05) is 101 Å². The highest BCUT2D eigenvalue weighted by Crippen LogP contribution is 2.52. The Labute approximate surface area is 429 Å². The molecule has 3 aliphatic heterocycles. The summed E-state index contributed by atoms with van der Waals surface area (Å²) in [5.74, 6) is 0.917. The molecule has 13 nitrogen and oxygen atoms in total. The lowest BCUT2D eigenvalue weighted by atomic mass is 9.69. The highest BCUT2D eigenvalue weighted by Gasteiger charge is 2.48. The number of thiazole rings is 1. The lowest BCUT2D eigenvalue weighted by Crippen LogP contribution is -2.50. The number of amides is 2. The Kier molecular flexibility index (Phi) is 14.2. The maximum Gasteiger partial charge on any atom is 0.281 e. The predicted molar refractivity (Wildman–Crippen MR) is 283 cm³/mol. The fourth-order valence-corrected chi connectivity index (χ4v) is 13.6. The molecule has 10 rings (SSSR count). The molecule has 71 heavy (non-hydrogen) atoms. The first-order valence-corrected chi connectivity index (χ1v) is 27.7. The molecule has 2 N–H and O–H groups in total. The number of nitrogens with one attached hydrogen (secondary N) is 1. The minimum Gasteiger partial charge on any atom is -0.391 e. The van der Waals surface area contributed by atoms with E-state index in [-0.39, 0.29) is 41.8 Å². The van der Waals surface area contributed by atoms with Crippen LogP contribution in [0.2, 0.25) is 0 Å². The zero-order valence-electron chi connectivity index (χ0n) is 41.9. The number of rotatable bonds is 14. The fourth-order valence-electron chi connectivity index (χ4n) is 12.2. The number of hydrogen-bond acceptors (Lipinski definition) is 10. The summed E-state index contributed by atoms with van der Waals surface area (Å²) in [5.41, 5.74) is 9.76. The van der Waals surface area contributed by atoms with E-state index in [0.29, 0.717) is 11.3 Å². The largest absolute Gasteiger partial charge is 0.391 e. The number of benzene rings is 3. The number of hydrogen-bond donors (Lipinski definition) is 2. The highest BCUT2D eigenvalue weighted by atomic mass is 79.9. The Bertz CT molecular complexity index is 2960. The number of piperidine rings is 1. The predicted octanol–water partition coefficient (Wildman–Crippen LogP) is 10.1. The summed E-state index contributed by atoms with van der Waals surface area (Å²) < 4.78 is 4.79. The molecule has 6 aromatic rings. The average Bonchev–Trinajstić information content (AvgIpc) is 4.16. The molecule has 15 heteroatoms. The maximum absolute atomic E-state index is 14.5. The quantitative estimate of drug-likeness (QED) is 0.102. The van der Waals surface area contributed by atoms with Crippen LogP contribution in [0.1, 0.15) is 157 Å². The number of aliphatic hydroxyl groups excluding tert-OH is 1. The third-order valence-electron chi connectivity index (χ3n) is 16.0. The minimum absolute atomic E-state index is 0.0877. The average molecular weight is 1040 g/mol. The van der Waals surface area contributed by atoms with E-state index < -0.39 is 23.6 Å². The number of carbonyl (C=O) groups excluding carboxylic acids is 2. The van der Waals surface area contributed by atoms with Crippen LogP contribution < -0.4 is 10.9 Å². The Morgan fingerprint density at radius 1 is 0.986 bits per heavy atom. The van der Waals surface area contributed by atoms with Crippen molar-refractivity contribution in [1.29, 1.82) is 0 Å². The molecule has 1 saturated carbocycles. The van der Waals surface area contributed by atoms with Crippen LogP contribution in [0.4, 0.5) is 0 Å². The number of aromatic nitrogens is 6. The van der Waals surface area contributed by atoms with Crippen molar-refractivity contribution in [3.8, 4) is 16.1 Å². The fraction of sp³-hybridized carbons (Fsp3) is 0.518. The molecule has 2 amide bonds. The number of aliphatic hydroxyl groups is 1. The number of halogens is 1. The van der Waals surface area contributed by atoms with Crippen LogP contribution in [0, 0.1) is 12.3 Å². The van der Waals surface area contributed by atoms with E-state index >= 15 is 0 Å². The first kappa shape index (κ1) is 49.5. The molecule has 3 fully saturated rings. The number of aryl methyl sites for hydroxylation is 2. The Morgan fingerprint density at radius 3 is 2.48 bits per heavy atom. The van der Waals surface area contributed by atoms with Crippen molar-refractivity contribution in [2.45, 2.75) is 154 Å². The molecule has 6 heterocycles. The van der Waals surface area contributed by atoms with Crippen molar-refractivity contribution in [2.75, 3.05) is 26.2 Å². The van der Waals surface area contributed by atoms with Gasteiger partial charge in [0.25, 0.3) is 5.56 Å². The molecule has 4 aliphatic rings. The summed E-state index contributed by atoms with van der Waals surface area (Å²) in [6.45, 7) is 13.3. The lowest BCUT2D eigenvalue weighted by molar-refractivity contribution is -0.144. The van der Waals surface area contributed by atoms with Crippen LogP contribution in [0.5, 0.6) is 0 Å². The Hall–Kier alpha value is -5.09. The molecule has 0 unspecified atom stereocenters. The normalized spacial score (nSPS) is 20.1. The van der Waals surface area contributed by atoms with Crippen molar-refractivity contribution in [2.24, 2.45) is 5.41 Å². The van der Waals surface area contributed by atoms with Crippen molar-refractivity contribution >= 4 is 50.0 Å². The SMILES string of the molecule is Cc1ncsc1-c1ccc([C@H](C)NC(=O)[C@@H]2C[C@@H](O)CN2C(=O)[C@@H](n2cc(CCCCCCN3CCC(c4ccc5c(c4)-n4c(nc(=O)c6c(Br)cccc64)C54CCCCC4)CC3)nn2)C(C)(C)C)cc1. The zero-order valence-corrected chi connectivity index (χ0v) is 44.3. The summed E-state index contributed by atoms with van der Waals surface area (Å²) in [7, 11) is 0. The van der Waals surface area contributed by atoms with E-state index in [0.717, 1.165) is 133 Å². The van der Waals surface area contributed by atoms with E-state index in [1.54, 1.807) is 20.9 Å². The third kappa shape index (κ3) is 9.80. The highest BCUT2D eigenvalue weighted by molar-refractivity contribution is 9.10. The monoisotopic (exact) mass is 1040 g/mol. The Morgan fingerprint density at radius 2 is 1.75 bits per heavy atom. The second-order valence-electron chi connectivity index (χ2n) is 21.9. The van der Waals surface area contributed by atoms with Gasteiger partial charge in [0.1, 0.15) is 17.9 Å². The van der Waals surface area contributed by atoms with E-state index in [9.17, 15) is 19.5 Å². The number of β-amino-alcohol motifs (C(OH)–C–C–N with tert-alkyl or cyclic N) is 1. The van der Waals surface area contributed by atoms with E-state index in [1.807, 2.05) is 82.7 Å². The van der Waals surface area contributed by atoms with Gasteiger partial charge in [0, 0.05) is 23.6 Å². The smallest absolute Gasteiger partial charge is 0.281 e. The van der Waals surface area contributed by atoms with Crippen LogP contribution in [0.15, 0.2) is 81.6 Å². The summed E-state index contributed by atoms with van der Waals surface area (Å²) in [5, 5.41) is 23.6. The standard InChI is InChI=1S/C56H68BrN9O4S/c1-35(37-17-19-39(20-18-37)49-36(2)58-34-71-49)59-51(68)47-31-42(67)33-64(47)53(70)50(55(3,4)5)65-32-41(61-62-65)14-9-6-7-12-27-63-28-23-38(24-29-63)40-21-22-43-46(30-40)66-45-16-13-15-44(57)48(45)52(69)60-54(66)56(43)25-10-8-11-26-56/h13,15-22,30,32,34-35,38,42,47,50,67H,6-12,14,23-29,31,33H2,1-5H3,(H,59,68)/t35-,42+,47-,50+/m0/s1. The van der Waals surface area contributed by atoms with Crippen molar-refractivity contribution < 1.29 is 14.7 Å². The topological polar surface area (TPSA) is 151 Å². The van der Waals surface area contributed by atoms with Gasteiger partial charge in [0.2, 0.25) is 11.8 Å². The second kappa shape index (κ2) is 20.4. The molecule has 1 aliphatic carbocycles. The van der Waals surface area contributed by atoms with Crippen LogP contribution in [0.3, 0.4) is 0 Å². The van der Waals surface area contributed by atoms with Gasteiger partial charge in [0.05, 0.1) is 55.9 Å². The molecule has 1 spiro atoms. The molecule has 0 radical (unpaired) electrons. The molecule has 374 valence electrons. The molecular weight excluding hydrogens is 975 g/mol. The van der Waals surface area contributed by atoms with E-state index in [4.69, 9.17) is 4.98 Å². The van der Waals surface area contributed by atoms with Gasteiger partial charge in [-0.15, -0.1) is 16.4 Å². The minimum atomic E-state index is -0.798. The number of likely N-dealkylation sites (tertiary alicyclic amines) is 2. The number of fused-ring (bicyclic) bond motifs is 7. The van der Waals surface area contributed by atoms with Crippen molar-refractivity contribution in [3.05, 3.63) is 121 Å². The first-order chi connectivity index (χ1) is 34.2. The van der Waals surface area contributed by atoms with Crippen LogP contribution >= 0.6 is 27.3 Å². The summed E-state index contributed by atoms with van der Waals surface area (Å²) in [6, 6.07) is 19.6.